The summed E-state index contributed by atoms with van der Waals surface area (Å²) in [5.74, 6) is -5.80. The highest BCUT2D eigenvalue weighted by Crippen LogP contribution is 2.13. The van der Waals surface area contributed by atoms with E-state index in [-0.39, 0.29) is 13.2 Å². The van der Waals surface area contributed by atoms with E-state index in [1.807, 2.05) is 0 Å². The van der Waals surface area contributed by atoms with Crippen LogP contribution in [0.1, 0.15) is 20.3 Å². The zero-order valence-corrected chi connectivity index (χ0v) is 9.60. The molecule has 0 saturated heterocycles. The number of carbonyl (C=O) groups excluding carboxylic acids is 1. The highest BCUT2D eigenvalue weighted by molar-refractivity contribution is 6.02. The van der Waals surface area contributed by atoms with Crippen LogP contribution in [-0.4, -0.2) is 53.2 Å². The summed E-state index contributed by atoms with van der Waals surface area (Å²) in [6.07, 6.45) is 0.474. The van der Waals surface area contributed by atoms with Crippen molar-refractivity contribution < 1.29 is 29.4 Å². The van der Waals surface area contributed by atoms with Crippen LogP contribution in [0.4, 0.5) is 0 Å². The fraction of sp³-hybridized carbons (Fsp3) is 0.778. The number of carboxylic acids is 1. The van der Waals surface area contributed by atoms with Crippen LogP contribution in [0, 0.1) is 0 Å². The van der Waals surface area contributed by atoms with Crippen LogP contribution < -0.4 is 0 Å². The summed E-state index contributed by atoms with van der Waals surface area (Å²) in [4.78, 5) is 27.1. The molecule has 1 unspecified atom stereocenters. The second kappa shape index (κ2) is 6.41. The third-order valence-electron chi connectivity index (χ3n) is 1.83. The molecule has 7 heteroatoms. The first kappa shape index (κ1) is 14.8. The van der Waals surface area contributed by atoms with Gasteiger partial charge in [0, 0.05) is 6.54 Å². The molecule has 1 amide bonds. The van der Waals surface area contributed by atoms with Crippen LogP contribution in [0.5, 0.6) is 0 Å². The normalized spacial score (nSPS) is 14.2. The molecule has 0 fully saturated rings. The number of likely N-dealkylation sites (N-methyl/N-ethyl adjacent to an activating group) is 1. The first-order valence-electron chi connectivity index (χ1n) is 4.89. The topological polar surface area (TPSA) is 96.3 Å². The van der Waals surface area contributed by atoms with E-state index >= 15 is 0 Å². The summed E-state index contributed by atoms with van der Waals surface area (Å²) >= 11 is 0. The van der Waals surface area contributed by atoms with Crippen molar-refractivity contribution in [2.45, 2.75) is 26.1 Å². The Balaban J connectivity index is 4.88. The lowest BCUT2D eigenvalue weighted by Crippen LogP contribution is -2.55. The van der Waals surface area contributed by atoms with E-state index in [4.69, 9.17) is 5.11 Å². The van der Waals surface area contributed by atoms with E-state index < -0.39 is 17.7 Å². The Morgan fingerprint density at radius 3 is 2.25 bits per heavy atom. The van der Waals surface area contributed by atoms with E-state index in [0.29, 0.717) is 11.5 Å². The number of hydrogen-bond acceptors (Lipinski definition) is 5. The molecule has 1 atom stereocenters. The Hall–Kier alpha value is -1.18. The van der Waals surface area contributed by atoms with E-state index in [0.717, 1.165) is 0 Å². The van der Waals surface area contributed by atoms with Crippen molar-refractivity contribution in [1.29, 1.82) is 0 Å². The summed E-state index contributed by atoms with van der Waals surface area (Å²) in [5, 5.41) is 19.1. The van der Waals surface area contributed by atoms with Crippen molar-refractivity contribution in [1.82, 2.24) is 5.06 Å². The first-order valence-corrected chi connectivity index (χ1v) is 4.89. The summed E-state index contributed by atoms with van der Waals surface area (Å²) in [6, 6.07) is 0. The van der Waals surface area contributed by atoms with Crippen molar-refractivity contribution in [2.24, 2.45) is 0 Å². The molecule has 0 aliphatic heterocycles. The number of aliphatic hydroxyl groups is 1. The van der Waals surface area contributed by atoms with E-state index in [9.17, 15) is 14.7 Å². The van der Waals surface area contributed by atoms with Gasteiger partial charge in [0.2, 0.25) is 0 Å². The number of hydrogen-bond donors (Lipinski definition) is 2. The SMILES string of the molecule is CCCOC(O)(C(=O)O)C(=O)N(CC)OC. The average Bonchev–Trinajstić information content (AvgIpc) is 2.27. The molecule has 0 radical (unpaired) electrons. The Morgan fingerprint density at radius 2 is 1.94 bits per heavy atom. The molecule has 7 nitrogen and oxygen atoms in total. The number of rotatable bonds is 7. The van der Waals surface area contributed by atoms with Crippen LogP contribution in [0.2, 0.25) is 0 Å². The molecular formula is C9H17NO6. The van der Waals surface area contributed by atoms with Gasteiger partial charge in [-0.3, -0.25) is 9.63 Å². The van der Waals surface area contributed by atoms with Crippen LogP contribution in [0.3, 0.4) is 0 Å². The van der Waals surface area contributed by atoms with Crippen LogP contribution in [-0.2, 0) is 19.2 Å². The van der Waals surface area contributed by atoms with Gasteiger partial charge in [-0.05, 0) is 13.3 Å². The van der Waals surface area contributed by atoms with Crippen molar-refractivity contribution in [3.05, 3.63) is 0 Å². The van der Waals surface area contributed by atoms with Crippen LogP contribution >= 0.6 is 0 Å². The predicted octanol–water partition coefficient (Wildman–Crippen LogP) is -0.404. The highest BCUT2D eigenvalue weighted by Gasteiger charge is 2.48. The third-order valence-corrected chi connectivity index (χ3v) is 1.83. The summed E-state index contributed by atoms with van der Waals surface area (Å²) in [6.45, 7) is 3.35. The molecule has 0 aliphatic rings. The fourth-order valence-electron chi connectivity index (χ4n) is 0.989. The molecule has 0 spiro atoms. The minimum Gasteiger partial charge on any atom is -0.477 e. The predicted molar refractivity (Wildman–Crippen MR) is 53.2 cm³/mol. The number of hydroxylamine groups is 2. The van der Waals surface area contributed by atoms with Gasteiger partial charge in [0.25, 0.3) is 0 Å². The van der Waals surface area contributed by atoms with Gasteiger partial charge < -0.3 is 14.9 Å². The molecule has 94 valence electrons. The van der Waals surface area contributed by atoms with E-state index in [2.05, 4.69) is 9.57 Å². The quantitative estimate of drug-likeness (QED) is 0.354. The number of carboxylic acid groups (broad SMARTS) is 1. The van der Waals surface area contributed by atoms with Crippen molar-refractivity contribution in [3.63, 3.8) is 0 Å². The summed E-state index contributed by atoms with van der Waals surface area (Å²) in [7, 11) is 1.20. The van der Waals surface area contributed by atoms with Gasteiger partial charge in [-0.15, -0.1) is 0 Å². The number of nitrogens with zero attached hydrogens (tertiary/aromatic N) is 1. The maximum atomic E-state index is 11.6. The molecule has 0 aromatic heterocycles. The standard InChI is InChI=1S/C9H17NO6/c1-4-6-16-9(14,8(12)13)7(11)10(5-2)15-3/h14H,4-6H2,1-3H3,(H,12,13). The minimum atomic E-state index is -2.89. The Kier molecular flexibility index (Phi) is 5.94. The Bertz CT molecular complexity index is 252. The molecule has 16 heavy (non-hydrogen) atoms. The summed E-state index contributed by atoms with van der Waals surface area (Å²) < 4.78 is 4.67. The zero-order valence-electron chi connectivity index (χ0n) is 9.60. The number of carbonyl (C=O) groups is 2. The average molecular weight is 235 g/mol. The molecule has 0 aliphatic carbocycles. The number of aliphatic carboxylic acids is 1. The van der Waals surface area contributed by atoms with Gasteiger partial charge in [0.05, 0.1) is 13.7 Å². The van der Waals surface area contributed by atoms with Gasteiger partial charge in [-0.1, -0.05) is 6.92 Å². The molecular weight excluding hydrogens is 218 g/mol. The Morgan fingerprint density at radius 1 is 1.38 bits per heavy atom. The number of amides is 1. The maximum absolute atomic E-state index is 11.6. The van der Waals surface area contributed by atoms with Crippen LogP contribution in [0.15, 0.2) is 0 Å². The second-order valence-corrected chi connectivity index (χ2v) is 2.98. The van der Waals surface area contributed by atoms with Crippen molar-refractivity contribution >= 4 is 11.9 Å². The first-order chi connectivity index (χ1) is 7.43. The highest BCUT2D eigenvalue weighted by atomic mass is 16.7. The van der Waals surface area contributed by atoms with Gasteiger partial charge in [0.15, 0.2) is 0 Å². The Labute approximate surface area is 93.5 Å². The lowest BCUT2D eigenvalue weighted by Gasteiger charge is -2.27. The van der Waals surface area contributed by atoms with Crippen molar-refractivity contribution in [2.75, 3.05) is 20.3 Å². The van der Waals surface area contributed by atoms with Gasteiger partial charge >= 0.3 is 17.7 Å². The second-order valence-electron chi connectivity index (χ2n) is 2.98. The molecule has 0 aromatic carbocycles. The smallest absolute Gasteiger partial charge is 0.374 e. The maximum Gasteiger partial charge on any atom is 0.374 e. The minimum absolute atomic E-state index is 0.0458. The molecule has 0 saturated carbocycles. The third kappa shape index (κ3) is 3.16. The van der Waals surface area contributed by atoms with E-state index in [1.165, 1.54) is 7.11 Å². The largest absolute Gasteiger partial charge is 0.477 e. The lowest BCUT2D eigenvalue weighted by atomic mass is 10.2. The molecule has 0 heterocycles. The summed E-state index contributed by atoms with van der Waals surface area (Å²) in [5.41, 5.74) is 0. The monoisotopic (exact) mass is 235 g/mol. The van der Waals surface area contributed by atoms with Crippen LogP contribution in [0.25, 0.3) is 0 Å². The molecule has 2 N–H and O–H groups in total. The molecule has 0 aromatic rings. The molecule has 0 bridgehead atoms. The van der Waals surface area contributed by atoms with E-state index in [1.54, 1.807) is 13.8 Å². The fourth-order valence-corrected chi connectivity index (χ4v) is 0.989. The van der Waals surface area contributed by atoms with Crippen molar-refractivity contribution in [3.8, 4) is 0 Å². The zero-order chi connectivity index (χ0) is 12.8. The lowest BCUT2D eigenvalue weighted by molar-refractivity contribution is -0.247. The number of ether oxygens (including phenoxy) is 1. The van der Waals surface area contributed by atoms with Gasteiger partial charge in [0.1, 0.15) is 0 Å². The molecule has 0 rings (SSSR count). The van der Waals surface area contributed by atoms with Gasteiger partial charge in [-0.2, -0.15) is 0 Å². The van der Waals surface area contributed by atoms with Gasteiger partial charge in [-0.25, -0.2) is 9.86 Å².